The molecule has 0 aromatic carbocycles. The number of rotatable bonds is 0. The Morgan fingerprint density at radius 3 is 2.70 bits per heavy atom. The van der Waals surface area contributed by atoms with Crippen LogP contribution in [0.1, 0.15) is 19.3 Å². The number of halogens is 4. The van der Waals surface area contributed by atoms with E-state index in [-0.39, 0.29) is 22.8 Å². The van der Waals surface area contributed by atoms with E-state index in [0.717, 1.165) is 24.3 Å². The first-order valence-corrected chi connectivity index (χ1v) is 8.63. The molecule has 0 bridgehead atoms. The summed E-state index contributed by atoms with van der Waals surface area (Å²) in [6, 6.07) is 0.222. The summed E-state index contributed by atoms with van der Waals surface area (Å²) in [5.74, 6) is 1.09. The Morgan fingerprint density at radius 1 is 1.10 bits per heavy atom. The van der Waals surface area contributed by atoms with Crippen LogP contribution in [0, 0.1) is 17.8 Å². The molecule has 20 heavy (non-hydrogen) atoms. The molecule has 1 saturated heterocycles. The zero-order valence-corrected chi connectivity index (χ0v) is 13.6. The van der Waals surface area contributed by atoms with Gasteiger partial charge in [0.05, 0.1) is 27.9 Å². The minimum Gasteiger partial charge on any atom is -0.277 e. The average molecular weight is 358 g/mol. The molecule has 4 rings (SSSR count). The van der Waals surface area contributed by atoms with Crippen molar-refractivity contribution in [3.8, 4) is 0 Å². The van der Waals surface area contributed by atoms with E-state index < -0.39 is 0 Å². The predicted octanol–water partition coefficient (Wildman–Crippen LogP) is 2.47. The number of nitrogens with one attached hydrogen (secondary N) is 3. The van der Waals surface area contributed by atoms with E-state index in [1.165, 1.54) is 0 Å². The molecule has 3 N–H and O–H groups in total. The first-order valence-electron chi connectivity index (χ1n) is 7.00. The van der Waals surface area contributed by atoms with Crippen molar-refractivity contribution in [1.82, 2.24) is 21.5 Å². The minimum atomic E-state index is -0.139. The summed E-state index contributed by atoms with van der Waals surface area (Å²) in [7, 11) is 0. The molecule has 4 aliphatic rings. The second kappa shape index (κ2) is 5.05. The van der Waals surface area contributed by atoms with Gasteiger partial charge in [-0.2, -0.15) is 11.1 Å². The van der Waals surface area contributed by atoms with E-state index in [2.05, 4.69) is 16.5 Å². The summed E-state index contributed by atoms with van der Waals surface area (Å²) in [5, 5.41) is 3.07. The summed E-state index contributed by atoms with van der Waals surface area (Å²) >= 11 is 26.2. The smallest absolute Gasteiger partial charge is 0.135 e. The van der Waals surface area contributed by atoms with Crippen LogP contribution in [-0.2, 0) is 0 Å². The fourth-order valence-electron chi connectivity index (χ4n) is 4.47. The van der Waals surface area contributed by atoms with Gasteiger partial charge in [-0.05, 0) is 24.7 Å². The lowest BCUT2D eigenvalue weighted by Gasteiger charge is -2.60. The molecule has 3 fully saturated rings. The number of hydrogen-bond acceptors (Lipinski definition) is 4. The molecule has 2 aliphatic carbocycles. The fourth-order valence-corrected chi connectivity index (χ4v) is 5.96. The maximum atomic E-state index is 6.65. The average Bonchev–Trinajstić information content (AvgIpc) is 2.48. The van der Waals surface area contributed by atoms with Crippen molar-refractivity contribution in [3.05, 3.63) is 10.2 Å². The lowest BCUT2D eigenvalue weighted by molar-refractivity contribution is -0.0651. The number of nitrogens with zero attached hydrogens (tertiary/aromatic N) is 1. The third kappa shape index (κ3) is 1.79. The van der Waals surface area contributed by atoms with E-state index in [4.69, 9.17) is 46.4 Å². The lowest BCUT2D eigenvalue weighted by atomic mass is 9.60. The van der Waals surface area contributed by atoms with Gasteiger partial charge in [0.15, 0.2) is 0 Å². The molecule has 0 aromatic rings. The molecule has 2 aliphatic heterocycles. The maximum Gasteiger partial charge on any atom is 0.135 e. The number of allylic oxidation sites excluding steroid dienone is 1. The third-order valence-corrected chi connectivity index (χ3v) is 7.49. The molecule has 8 heteroatoms. The minimum absolute atomic E-state index is 0.0405. The zero-order valence-electron chi connectivity index (χ0n) is 10.6. The van der Waals surface area contributed by atoms with Gasteiger partial charge in [0.1, 0.15) is 5.16 Å². The Kier molecular flexibility index (Phi) is 3.58. The van der Waals surface area contributed by atoms with Crippen molar-refractivity contribution in [3.63, 3.8) is 0 Å². The molecule has 7 unspecified atom stereocenters. The highest BCUT2D eigenvalue weighted by molar-refractivity contribution is 6.39. The summed E-state index contributed by atoms with van der Waals surface area (Å²) in [4.78, 5) is 0. The largest absolute Gasteiger partial charge is 0.277 e. The summed E-state index contributed by atoms with van der Waals surface area (Å²) < 4.78 is 0. The SMILES string of the molecule is ClC1=C(Cl)N2NNNC3C(Cl)C(Cl)C4CCCC1C4C32. The Labute approximate surface area is 138 Å². The second-order valence-corrected chi connectivity index (χ2v) is 7.85. The molecule has 2 heterocycles. The maximum absolute atomic E-state index is 6.65. The van der Waals surface area contributed by atoms with Gasteiger partial charge < -0.3 is 0 Å². The molecule has 0 aromatic heterocycles. The molecule has 112 valence electrons. The molecule has 4 nitrogen and oxygen atoms in total. The fraction of sp³-hybridized carbons (Fsp3) is 0.833. The van der Waals surface area contributed by atoms with Gasteiger partial charge in [-0.15, -0.1) is 23.2 Å². The first-order chi connectivity index (χ1) is 9.61. The number of hydrazine groups is 3. The Hall–Kier alpha value is 0.580. The second-order valence-electron chi connectivity index (χ2n) is 6.07. The molecular weight excluding hydrogens is 342 g/mol. The lowest BCUT2D eigenvalue weighted by Crippen LogP contribution is -2.78. The molecular formula is C12H16Cl4N4. The number of hydrogen-bond donors (Lipinski definition) is 3. The van der Waals surface area contributed by atoms with Crippen molar-refractivity contribution < 1.29 is 0 Å². The van der Waals surface area contributed by atoms with Crippen molar-refractivity contribution in [2.45, 2.75) is 42.1 Å². The number of alkyl halides is 2. The van der Waals surface area contributed by atoms with E-state index in [9.17, 15) is 0 Å². The quantitative estimate of drug-likeness (QED) is 0.460. The molecule has 0 spiro atoms. The van der Waals surface area contributed by atoms with Crippen LogP contribution < -0.4 is 16.5 Å². The Bertz CT molecular complexity index is 419. The normalized spacial score (nSPS) is 51.0. The zero-order chi connectivity index (χ0) is 14.0. The van der Waals surface area contributed by atoms with Gasteiger partial charge in [-0.3, -0.25) is 5.01 Å². The van der Waals surface area contributed by atoms with Crippen molar-refractivity contribution in [2.75, 3.05) is 0 Å². The van der Waals surface area contributed by atoms with Crippen LogP contribution in [0.15, 0.2) is 10.2 Å². The monoisotopic (exact) mass is 356 g/mol. The van der Waals surface area contributed by atoms with Gasteiger partial charge in [0.2, 0.25) is 0 Å². The van der Waals surface area contributed by atoms with Crippen LogP contribution in [0.2, 0.25) is 0 Å². The standard InChI is InChI=1S/C12H16Cl4N4/c13-7-4-2-1-3-5-6(4)11-10(9(7)15)17-18-19-20(11)12(16)8(5)14/h4-7,9-11,17-19H,1-3H2. The molecule has 7 atom stereocenters. The van der Waals surface area contributed by atoms with Crippen molar-refractivity contribution in [1.29, 1.82) is 0 Å². The van der Waals surface area contributed by atoms with Gasteiger partial charge in [0, 0.05) is 5.92 Å². The highest BCUT2D eigenvalue weighted by atomic mass is 35.5. The summed E-state index contributed by atoms with van der Waals surface area (Å²) in [5.41, 5.74) is 9.17. The summed E-state index contributed by atoms with van der Waals surface area (Å²) in [6.07, 6.45) is 3.33. The van der Waals surface area contributed by atoms with E-state index in [0.29, 0.717) is 22.9 Å². The summed E-state index contributed by atoms with van der Waals surface area (Å²) in [6.45, 7) is 0. The molecule has 0 amide bonds. The van der Waals surface area contributed by atoms with Crippen LogP contribution in [-0.4, -0.2) is 27.8 Å². The Balaban J connectivity index is 1.83. The van der Waals surface area contributed by atoms with Crippen molar-refractivity contribution >= 4 is 46.4 Å². The third-order valence-electron chi connectivity index (χ3n) is 5.28. The molecule has 0 radical (unpaired) electrons. The van der Waals surface area contributed by atoms with Gasteiger partial charge in [0.25, 0.3) is 0 Å². The van der Waals surface area contributed by atoms with E-state index in [1.807, 2.05) is 5.01 Å². The van der Waals surface area contributed by atoms with Crippen molar-refractivity contribution in [2.24, 2.45) is 17.8 Å². The highest BCUT2D eigenvalue weighted by Crippen LogP contribution is 2.55. The van der Waals surface area contributed by atoms with Crippen LogP contribution in [0.25, 0.3) is 0 Å². The van der Waals surface area contributed by atoms with Crippen LogP contribution in [0.5, 0.6) is 0 Å². The van der Waals surface area contributed by atoms with Crippen LogP contribution in [0.4, 0.5) is 0 Å². The van der Waals surface area contributed by atoms with E-state index >= 15 is 0 Å². The molecule has 2 saturated carbocycles. The topological polar surface area (TPSA) is 39.3 Å². The highest BCUT2D eigenvalue weighted by Gasteiger charge is 2.59. The predicted molar refractivity (Wildman–Crippen MR) is 81.2 cm³/mol. The van der Waals surface area contributed by atoms with Gasteiger partial charge in [-0.25, -0.2) is 5.43 Å². The van der Waals surface area contributed by atoms with Crippen LogP contribution >= 0.6 is 46.4 Å². The Morgan fingerprint density at radius 2 is 1.90 bits per heavy atom. The van der Waals surface area contributed by atoms with E-state index in [1.54, 1.807) is 0 Å². The van der Waals surface area contributed by atoms with Crippen LogP contribution in [0.3, 0.4) is 0 Å². The van der Waals surface area contributed by atoms with Gasteiger partial charge >= 0.3 is 0 Å². The van der Waals surface area contributed by atoms with Gasteiger partial charge in [-0.1, -0.05) is 29.6 Å². The first kappa shape index (κ1) is 14.2.